The molecule has 8 heteroatoms. The molecule has 1 N–H and O–H groups in total. The van der Waals surface area contributed by atoms with E-state index in [1.807, 2.05) is 30.3 Å². The van der Waals surface area contributed by atoms with Crippen LogP contribution in [0.5, 0.6) is 5.75 Å². The average molecular weight is 344 g/mol. The van der Waals surface area contributed by atoms with E-state index in [1.165, 1.54) is 29.1 Å². The SMILES string of the molecule is O=C(Nc1ccccc1OC(F)F)c1cn(Cc2ccccc2)nn1. The molecule has 128 valence electrons. The number of amides is 1. The van der Waals surface area contributed by atoms with E-state index in [0.717, 1.165) is 5.56 Å². The summed E-state index contributed by atoms with van der Waals surface area (Å²) in [7, 11) is 0. The lowest BCUT2D eigenvalue weighted by molar-refractivity contribution is -0.0493. The van der Waals surface area contributed by atoms with Gasteiger partial charge in [0.2, 0.25) is 0 Å². The number of nitrogens with zero attached hydrogens (tertiary/aromatic N) is 3. The number of alkyl halides is 2. The van der Waals surface area contributed by atoms with Crippen molar-refractivity contribution in [3.63, 3.8) is 0 Å². The Labute approximate surface area is 142 Å². The van der Waals surface area contributed by atoms with E-state index in [4.69, 9.17) is 0 Å². The highest BCUT2D eigenvalue weighted by molar-refractivity contribution is 6.03. The standard InChI is InChI=1S/C17H14F2N4O2/c18-17(19)25-15-9-5-4-8-13(15)20-16(24)14-11-23(22-21-14)10-12-6-2-1-3-7-12/h1-9,11,17H,10H2,(H,20,24). The Morgan fingerprint density at radius 3 is 2.60 bits per heavy atom. The summed E-state index contributed by atoms with van der Waals surface area (Å²) in [5.41, 5.74) is 1.21. The van der Waals surface area contributed by atoms with Crippen molar-refractivity contribution in [3.8, 4) is 5.75 Å². The quantitative estimate of drug-likeness (QED) is 0.746. The number of para-hydroxylation sites is 2. The first-order valence-corrected chi connectivity index (χ1v) is 7.41. The largest absolute Gasteiger partial charge is 0.433 e. The van der Waals surface area contributed by atoms with Crippen molar-refractivity contribution in [2.45, 2.75) is 13.2 Å². The van der Waals surface area contributed by atoms with Crippen LogP contribution in [0.1, 0.15) is 16.1 Å². The smallest absolute Gasteiger partial charge is 0.387 e. The number of anilines is 1. The van der Waals surface area contributed by atoms with Crippen molar-refractivity contribution in [2.75, 3.05) is 5.32 Å². The lowest BCUT2D eigenvalue weighted by Gasteiger charge is -2.10. The molecule has 0 unspecified atom stereocenters. The van der Waals surface area contributed by atoms with Gasteiger partial charge in [-0.25, -0.2) is 4.68 Å². The molecule has 0 atom stereocenters. The normalized spacial score (nSPS) is 10.7. The van der Waals surface area contributed by atoms with Gasteiger partial charge >= 0.3 is 6.61 Å². The fraction of sp³-hybridized carbons (Fsp3) is 0.118. The topological polar surface area (TPSA) is 69.0 Å². The first-order valence-electron chi connectivity index (χ1n) is 7.41. The number of benzene rings is 2. The predicted molar refractivity (Wildman–Crippen MR) is 86.6 cm³/mol. The third-order valence-electron chi connectivity index (χ3n) is 3.31. The van der Waals surface area contributed by atoms with Gasteiger partial charge in [-0.05, 0) is 17.7 Å². The van der Waals surface area contributed by atoms with Crippen molar-refractivity contribution < 1.29 is 18.3 Å². The molecular formula is C17H14F2N4O2. The number of rotatable bonds is 6. The van der Waals surface area contributed by atoms with Gasteiger partial charge in [-0.1, -0.05) is 47.7 Å². The fourth-order valence-corrected chi connectivity index (χ4v) is 2.21. The fourth-order valence-electron chi connectivity index (χ4n) is 2.21. The van der Waals surface area contributed by atoms with Gasteiger partial charge in [0.15, 0.2) is 5.69 Å². The van der Waals surface area contributed by atoms with Gasteiger partial charge in [0, 0.05) is 0 Å². The molecule has 1 aromatic heterocycles. The minimum absolute atomic E-state index is 0.0720. The van der Waals surface area contributed by atoms with Gasteiger partial charge in [-0.15, -0.1) is 5.10 Å². The molecule has 0 saturated heterocycles. The Morgan fingerprint density at radius 1 is 1.12 bits per heavy atom. The first-order chi connectivity index (χ1) is 12.1. The van der Waals surface area contributed by atoms with Gasteiger partial charge in [-0.3, -0.25) is 4.79 Å². The maximum Gasteiger partial charge on any atom is 0.387 e. The van der Waals surface area contributed by atoms with Crippen LogP contribution in [0.15, 0.2) is 60.8 Å². The lowest BCUT2D eigenvalue weighted by atomic mass is 10.2. The second-order valence-corrected chi connectivity index (χ2v) is 5.12. The second-order valence-electron chi connectivity index (χ2n) is 5.12. The molecule has 2 aromatic carbocycles. The molecule has 6 nitrogen and oxygen atoms in total. The first kappa shape index (κ1) is 16.6. The molecular weight excluding hydrogens is 330 g/mol. The van der Waals surface area contributed by atoms with Crippen LogP contribution in [0, 0.1) is 0 Å². The zero-order chi connectivity index (χ0) is 17.6. The minimum Gasteiger partial charge on any atom is -0.433 e. The highest BCUT2D eigenvalue weighted by Gasteiger charge is 2.15. The van der Waals surface area contributed by atoms with Crippen LogP contribution in [0.25, 0.3) is 0 Å². The number of hydrogen-bond acceptors (Lipinski definition) is 4. The Morgan fingerprint density at radius 2 is 1.84 bits per heavy atom. The van der Waals surface area contributed by atoms with E-state index < -0.39 is 12.5 Å². The molecule has 0 fully saturated rings. The van der Waals surface area contributed by atoms with E-state index in [2.05, 4.69) is 20.4 Å². The Hall–Kier alpha value is -3.29. The van der Waals surface area contributed by atoms with Crippen molar-refractivity contribution in [1.82, 2.24) is 15.0 Å². The Bertz CT molecular complexity index is 853. The van der Waals surface area contributed by atoms with Crippen LogP contribution >= 0.6 is 0 Å². The van der Waals surface area contributed by atoms with Gasteiger partial charge in [0.05, 0.1) is 18.4 Å². The van der Waals surface area contributed by atoms with E-state index in [1.54, 1.807) is 6.07 Å². The van der Waals surface area contributed by atoms with Crippen LogP contribution < -0.4 is 10.1 Å². The van der Waals surface area contributed by atoms with Crippen molar-refractivity contribution in [2.24, 2.45) is 0 Å². The van der Waals surface area contributed by atoms with E-state index in [9.17, 15) is 13.6 Å². The number of carbonyl (C=O) groups excluding carboxylic acids is 1. The molecule has 0 saturated carbocycles. The van der Waals surface area contributed by atoms with Gasteiger partial charge in [0.25, 0.3) is 5.91 Å². The maximum atomic E-state index is 12.4. The summed E-state index contributed by atoms with van der Waals surface area (Å²) in [6.07, 6.45) is 1.49. The minimum atomic E-state index is -2.98. The number of halogens is 2. The molecule has 0 radical (unpaired) electrons. The summed E-state index contributed by atoms with van der Waals surface area (Å²) in [5, 5.41) is 10.2. The van der Waals surface area contributed by atoms with Gasteiger partial charge in [0.1, 0.15) is 5.75 Å². The van der Waals surface area contributed by atoms with E-state index in [-0.39, 0.29) is 17.1 Å². The molecule has 0 spiro atoms. The molecule has 1 heterocycles. The Kier molecular flexibility index (Phi) is 4.98. The van der Waals surface area contributed by atoms with Crippen molar-refractivity contribution in [3.05, 3.63) is 72.1 Å². The maximum absolute atomic E-state index is 12.4. The molecule has 0 aliphatic heterocycles. The number of ether oxygens (including phenoxy) is 1. The Balaban J connectivity index is 1.70. The predicted octanol–water partition coefficient (Wildman–Crippen LogP) is 3.18. The van der Waals surface area contributed by atoms with Crippen LogP contribution in [0.4, 0.5) is 14.5 Å². The van der Waals surface area contributed by atoms with Crippen LogP contribution in [0.2, 0.25) is 0 Å². The summed E-state index contributed by atoms with van der Waals surface area (Å²) < 4.78 is 30.7. The molecule has 3 aromatic rings. The van der Waals surface area contributed by atoms with Crippen LogP contribution in [0.3, 0.4) is 0 Å². The second kappa shape index (κ2) is 7.52. The highest BCUT2D eigenvalue weighted by Crippen LogP contribution is 2.25. The zero-order valence-electron chi connectivity index (χ0n) is 13.0. The third-order valence-corrected chi connectivity index (χ3v) is 3.31. The molecule has 0 bridgehead atoms. The number of aromatic nitrogens is 3. The van der Waals surface area contributed by atoms with E-state index >= 15 is 0 Å². The molecule has 1 amide bonds. The number of hydrogen-bond donors (Lipinski definition) is 1. The van der Waals surface area contributed by atoms with Gasteiger partial charge < -0.3 is 10.1 Å². The van der Waals surface area contributed by atoms with Crippen LogP contribution in [-0.2, 0) is 6.54 Å². The van der Waals surface area contributed by atoms with Crippen LogP contribution in [-0.4, -0.2) is 27.5 Å². The third kappa shape index (κ3) is 4.37. The zero-order valence-corrected chi connectivity index (χ0v) is 13.0. The highest BCUT2D eigenvalue weighted by atomic mass is 19.3. The summed E-state index contributed by atoms with van der Waals surface area (Å²) in [4.78, 5) is 12.2. The summed E-state index contributed by atoms with van der Waals surface area (Å²) >= 11 is 0. The lowest BCUT2D eigenvalue weighted by Crippen LogP contribution is -2.14. The summed E-state index contributed by atoms with van der Waals surface area (Å²) in [5.74, 6) is -0.688. The molecule has 3 rings (SSSR count). The number of carbonyl (C=O) groups is 1. The molecule has 0 aliphatic carbocycles. The summed E-state index contributed by atoms with van der Waals surface area (Å²) in [6.45, 7) is -2.52. The monoisotopic (exact) mass is 344 g/mol. The summed E-state index contributed by atoms with van der Waals surface area (Å²) in [6, 6.07) is 15.5. The van der Waals surface area contributed by atoms with E-state index in [0.29, 0.717) is 6.54 Å². The van der Waals surface area contributed by atoms with Gasteiger partial charge in [-0.2, -0.15) is 8.78 Å². The van der Waals surface area contributed by atoms with Crippen molar-refractivity contribution >= 4 is 11.6 Å². The molecule has 25 heavy (non-hydrogen) atoms. The number of nitrogens with one attached hydrogen (secondary N) is 1. The molecule has 0 aliphatic rings. The average Bonchev–Trinajstić information content (AvgIpc) is 3.06. The van der Waals surface area contributed by atoms with Crippen molar-refractivity contribution in [1.29, 1.82) is 0 Å².